The summed E-state index contributed by atoms with van der Waals surface area (Å²) in [7, 11) is 0. The average molecular weight is 296 g/mol. The highest BCUT2D eigenvalue weighted by molar-refractivity contribution is 6.04. The Bertz CT molecular complexity index is 663. The Kier molecular flexibility index (Phi) is 5.31. The van der Waals surface area contributed by atoms with Crippen LogP contribution in [0, 0.1) is 6.92 Å². The van der Waals surface area contributed by atoms with E-state index in [4.69, 9.17) is 0 Å². The molecule has 2 amide bonds. The van der Waals surface area contributed by atoms with Crippen molar-refractivity contribution in [2.75, 3.05) is 11.9 Å². The van der Waals surface area contributed by atoms with Crippen molar-refractivity contribution in [3.63, 3.8) is 0 Å². The summed E-state index contributed by atoms with van der Waals surface area (Å²) in [5, 5.41) is 5.64. The van der Waals surface area contributed by atoms with Crippen LogP contribution in [0.4, 0.5) is 5.69 Å². The zero-order valence-corrected chi connectivity index (χ0v) is 12.8. The molecular formula is C18H20N2O2. The molecule has 0 radical (unpaired) electrons. The number of aryl methyl sites for hydroxylation is 1. The number of nitrogens with one attached hydrogen (secondary N) is 2. The van der Waals surface area contributed by atoms with E-state index in [-0.39, 0.29) is 11.8 Å². The van der Waals surface area contributed by atoms with E-state index < -0.39 is 0 Å². The maximum atomic E-state index is 12.1. The standard InChI is InChI=1S/C18H20N2O2/c1-3-11-19-17(21)14-7-9-16(10-8-14)20-18(22)15-6-4-5-13(2)12-15/h4-10,12H,3,11H2,1-2H3,(H,19,21)(H,20,22). The van der Waals surface area contributed by atoms with Gasteiger partial charge in [-0.15, -0.1) is 0 Å². The molecular weight excluding hydrogens is 276 g/mol. The van der Waals surface area contributed by atoms with E-state index in [2.05, 4.69) is 10.6 Å². The summed E-state index contributed by atoms with van der Waals surface area (Å²) in [5.41, 5.74) is 2.90. The van der Waals surface area contributed by atoms with Crippen molar-refractivity contribution in [1.82, 2.24) is 5.32 Å². The Morgan fingerprint density at radius 3 is 2.32 bits per heavy atom. The lowest BCUT2D eigenvalue weighted by molar-refractivity contribution is 0.0953. The molecule has 0 atom stereocenters. The number of hydrogen-bond donors (Lipinski definition) is 2. The molecule has 2 rings (SSSR count). The van der Waals surface area contributed by atoms with Gasteiger partial charge in [0.25, 0.3) is 11.8 Å². The van der Waals surface area contributed by atoms with Crippen LogP contribution in [-0.4, -0.2) is 18.4 Å². The van der Waals surface area contributed by atoms with Gasteiger partial charge in [-0.05, 0) is 49.7 Å². The van der Waals surface area contributed by atoms with Gasteiger partial charge < -0.3 is 10.6 Å². The van der Waals surface area contributed by atoms with Gasteiger partial charge >= 0.3 is 0 Å². The third-order valence-corrected chi connectivity index (χ3v) is 3.22. The van der Waals surface area contributed by atoms with Crippen LogP contribution in [0.3, 0.4) is 0 Å². The second-order valence-corrected chi connectivity index (χ2v) is 5.16. The monoisotopic (exact) mass is 296 g/mol. The smallest absolute Gasteiger partial charge is 0.255 e. The van der Waals surface area contributed by atoms with Crippen molar-refractivity contribution >= 4 is 17.5 Å². The summed E-state index contributed by atoms with van der Waals surface area (Å²) in [6, 6.07) is 14.3. The summed E-state index contributed by atoms with van der Waals surface area (Å²) in [4.78, 5) is 23.9. The molecule has 0 saturated carbocycles. The fraction of sp³-hybridized carbons (Fsp3) is 0.222. The lowest BCUT2D eigenvalue weighted by Crippen LogP contribution is -2.23. The predicted molar refractivity (Wildman–Crippen MR) is 88.2 cm³/mol. The first-order valence-corrected chi connectivity index (χ1v) is 7.36. The highest BCUT2D eigenvalue weighted by Crippen LogP contribution is 2.12. The van der Waals surface area contributed by atoms with Crippen LogP contribution >= 0.6 is 0 Å². The molecule has 0 unspecified atom stereocenters. The number of rotatable bonds is 5. The van der Waals surface area contributed by atoms with Gasteiger partial charge in [0.05, 0.1) is 0 Å². The van der Waals surface area contributed by atoms with Crippen molar-refractivity contribution in [3.05, 3.63) is 65.2 Å². The van der Waals surface area contributed by atoms with Crippen LogP contribution in [0.1, 0.15) is 39.6 Å². The first kappa shape index (κ1) is 15.8. The molecule has 0 fully saturated rings. The van der Waals surface area contributed by atoms with Gasteiger partial charge in [-0.25, -0.2) is 0 Å². The zero-order chi connectivity index (χ0) is 15.9. The topological polar surface area (TPSA) is 58.2 Å². The van der Waals surface area contributed by atoms with Crippen LogP contribution in [0.25, 0.3) is 0 Å². The molecule has 4 heteroatoms. The van der Waals surface area contributed by atoms with E-state index in [0.717, 1.165) is 12.0 Å². The number of carbonyl (C=O) groups excluding carboxylic acids is 2. The number of carbonyl (C=O) groups is 2. The fourth-order valence-electron chi connectivity index (χ4n) is 2.04. The van der Waals surface area contributed by atoms with Crippen LogP contribution in [0.5, 0.6) is 0 Å². The molecule has 0 aliphatic carbocycles. The maximum absolute atomic E-state index is 12.1. The van der Waals surface area contributed by atoms with Crippen molar-refractivity contribution in [2.45, 2.75) is 20.3 Å². The van der Waals surface area contributed by atoms with Gasteiger partial charge in [-0.1, -0.05) is 24.6 Å². The quantitative estimate of drug-likeness (QED) is 0.888. The molecule has 2 aromatic rings. The van der Waals surface area contributed by atoms with E-state index in [1.54, 1.807) is 30.3 Å². The lowest BCUT2D eigenvalue weighted by atomic mass is 10.1. The van der Waals surface area contributed by atoms with Gasteiger partial charge in [0.2, 0.25) is 0 Å². The minimum atomic E-state index is -0.160. The first-order valence-electron chi connectivity index (χ1n) is 7.36. The number of benzene rings is 2. The molecule has 2 aromatic carbocycles. The normalized spacial score (nSPS) is 10.1. The van der Waals surface area contributed by atoms with Gasteiger partial charge in [0.15, 0.2) is 0 Å². The third kappa shape index (κ3) is 4.19. The predicted octanol–water partition coefficient (Wildman–Crippen LogP) is 3.39. The van der Waals surface area contributed by atoms with E-state index >= 15 is 0 Å². The summed E-state index contributed by atoms with van der Waals surface area (Å²) < 4.78 is 0. The van der Waals surface area contributed by atoms with E-state index in [0.29, 0.717) is 23.4 Å². The van der Waals surface area contributed by atoms with Crippen LogP contribution < -0.4 is 10.6 Å². The zero-order valence-electron chi connectivity index (χ0n) is 12.8. The summed E-state index contributed by atoms with van der Waals surface area (Å²) in [5.74, 6) is -0.259. The average Bonchev–Trinajstić information content (AvgIpc) is 2.53. The van der Waals surface area contributed by atoms with Gasteiger partial charge in [0.1, 0.15) is 0 Å². The Morgan fingerprint density at radius 2 is 1.68 bits per heavy atom. The summed E-state index contributed by atoms with van der Waals surface area (Å²) in [6.45, 7) is 4.61. The Labute approximate surface area is 130 Å². The Hall–Kier alpha value is -2.62. The maximum Gasteiger partial charge on any atom is 0.255 e. The van der Waals surface area contributed by atoms with Crippen molar-refractivity contribution in [1.29, 1.82) is 0 Å². The molecule has 0 saturated heterocycles. The molecule has 2 N–H and O–H groups in total. The second kappa shape index (κ2) is 7.41. The summed E-state index contributed by atoms with van der Waals surface area (Å²) >= 11 is 0. The lowest BCUT2D eigenvalue weighted by Gasteiger charge is -2.07. The molecule has 4 nitrogen and oxygen atoms in total. The molecule has 114 valence electrons. The minimum absolute atomic E-state index is 0.0987. The third-order valence-electron chi connectivity index (χ3n) is 3.22. The van der Waals surface area contributed by atoms with Crippen molar-refractivity contribution < 1.29 is 9.59 Å². The first-order chi connectivity index (χ1) is 10.6. The Morgan fingerprint density at radius 1 is 0.955 bits per heavy atom. The van der Waals surface area contributed by atoms with Crippen LogP contribution in [0.2, 0.25) is 0 Å². The number of hydrogen-bond acceptors (Lipinski definition) is 2. The Balaban J connectivity index is 2.02. The number of amides is 2. The van der Waals surface area contributed by atoms with Gasteiger partial charge in [-0.2, -0.15) is 0 Å². The molecule has 0 bridgehead atoms. The fourth-order valence-corrected chi connectivity index (χ4v) is 2.04. The van der Waals surface area contributed by atoms with Crippen molar-refractivity contribution in [3.8, 4) is 0 Å². The van der Waals surface area contributed by atoms with E-state index in [1.807, 2.05) is 32.0 Å². The van der Waals surface area contributed by atoms with Crippen LogP contribution in [0.15, 0.2) is 48.5 Å². The SMILES string of the molecule is CCCNC(=O)c1ccc(NC(=O)c2cccc(C)c2)cc1. The van der Waals surface area contributed by atoms with Crippen LogP contribution in [-0.2, 0) is 0 Å². The highest BCUT2D eigenvalue weighted by Gasteiger charge is 2.08. The number of anilines is 1. The van der Waals surface area contributed by atoms with E-state index in [9.17, 15) is 9.59 Å². The molecule has 22 heavy (non-hydrogen) atoms. The minimum Gasteiger partial charge on any atom is -0.352 e. The largest absolute Gasteiger partial charge is 0.352 e. The van der Waals surface area contributed by atoms with Gasteiger partial charge in [-0.3, -0.25) is 9.59 Å². The second-order valence-electron chi connectivity index (χ2n) is 5.16. The van der Waals surface area contributed by atoms with Gasteiger partial charge in [0, 0.05) is 23.4 Å². The summed E-state index contributed by atoms with van der Waals surface area (Å²) in [6.07, 6.45) is 0.899. The molecule has 0 aliphatic heterocycles. The molecule has 0 aromatic heterocycles. The molecule has 0 heterocycles. The molecule has 0 aliphatic rings. The van der Waals surface area contributed by atoms with Crippen molar-refractivity contribution in [2.24, 2.45) is 0 Å². The van der Waals surface area contributed by atoms with E-state index in [1.165, 1.54) is 0 Å². The molecule has 0 spiro atoms. The highest BCUT2D eigenvalue weighted by atomic mass is 16.2.